The fraction of sp³-hybridized carbons (Fsp3) is 0.375. The molecule has 1 aromatic heterocycles. The zero-order chi connectivity index (χ0) is 19.9. The minimum absolute atomic E-state index is 0.416. The van der Waals surface area contributed by atoms with E-state index in [1.807, 2.05) is 37.3 Å². The molecule has 0 aliphatic carbocycles. The minimum Gasteiger partial charge on any atom is -0.463 e. The van der Waals surface area contributed by atoms with Crippen LogP contribution in [-0.2, 0) is 0 Å². The van der Waals surface area contributed by atoms with E-state index in [0.717, 1.165) is 31.6 Å². The molecule has 5 nitrogen and oxygen atoms in total. The van der Waals surface area contributed by atoms with Crippen LogP contribution in [0.1, 0.15) is 36.6 Å². The summed E-state index contributed by atoms with van der Waals surface area (Å²) in [6.07, 6.45) is 3.44. The average molecular weight is 389 g/mol. The molecule has 3 aromatic rings. The second-order valence-electron chi connectivity index (χ2n) is 7.58. The summed E-state index contributed by atoms with van der Waals surface area (Å²) in [5.74, 6) is 2.04. The molecule has 1 fully saturated rings. The molecule has 1 saturated heterocycles. The van der Waals surface area contributed by atoms with Gasteiger partial charge >= 0.3 is 6.01 Å². The maximum Gasteiger partial charge on any atom is 0.320 e. The van der Waals surface area contributed by atoms with Gasteiger partial charge < -0.3 is 9.64 Å². The molecule has 2 aromatic carbocycles. The quantitative estimate of drug-likeness (QED) is 0.558. The number of nitrogens with zero attached hydrogens (tertiary/aromatic N) is 4. The van der Waals surface area contributed by atoms with Crippen LogP contribution in [0.25, 0.3) is 11.4 Å². The van der Waals surface area contributed by atoms with E-state index in [1.54, 1.807) is 0 Å². The topological polar surface area (TPSA) is 51.1 Å². The van der Waals surface area contributed by atoms with Crippen molar-refractivity contribution in [1.82, 2.24) is 19.9 Å². The summed E-state index contributed by atoms with van der Waals surface area (Å²) in [5, 5.41) is 0. The molecular weight excluding hydrogens is 360 g/mol. The van der Waals surface area contributed by atoms with Crippen LogP contribution >= 0.6 is 0 Å². The zero-order valence-electron chi connectivity index (χ0n) is 17.0. The van der Waals surface area contributed by atoms with Gasteiger partial charge in [-0.1, -0.05) is 60.7 Å². The van der Waals surface area contributed by atoms with E-state index in [4.69, 9.17) is 4.74 Å². The second-order valence-corrected chi connectivity index (χ2v) is 7.58. The molecule has 0 amide bonds. The summed E-state index contributed by atoms with van der Waals surface area (Å²) >= 11 is 0. The lowest BCUT2D eigenvalue weighted by atomic mass is 9.89. The highest BCUT2D eigenvalue weighted by Gasteiger charge is 2.20. The molecule has 2 heterocycles. The fourth-order valence-corrected chi connectivity index (χ4v) is 3.90. The first-order chi connectivity index (χ1) is 14.3. The molecule has 0 spiro atoms. The normalized spacial score (nSPS) is 15.3. The van der Waals surface area contributed by atoms with Gasteiger partial charge in [0.2, 0.25) is 0 Å². The number of ether oxygens (including phenoxy) is 1. The van der Waals surface area contributed by atoms with Crippen molar-refractivity contribution in [2.24, 2.45) is 0 Å². The van der Waals surface area contributed by atoms with Gasteiger partial charge in [-0.25, -0.2) is 4.98 Å². The van der Waals surface area contributed by atoms with E-state index >= 15 is 0 Å². The second kappa shape index (κ2) is 9.61. The monoisotopic (exact) mass is 388 g/mol. The molecule has 5 heteroatoms. The lowest BCUT2D eigenvalue weighted by Gasteiger charge is -2.32. The standard InChI is InChI=1S/C24H28N4O/c1-19-25-23(22-11-6-3-7-12-22)27-24(26-19)29-18-8-15-28-16-13-21(14-17-28)20-9-4-2-5-10-20/h2-7,9-12,21H,8,13-18H2,1H3. The third-order valence-electron chi connectivity index (χ3n) is 5.47. The van der Waals surface area contributed by atoms with Crippen LogP contribution in [0.15, 0.2) is 60.7 Å². The van der Waals surface area contributed by atoms with Gasteiger partial charge in [0, 0.05) is 12.1 Å². The summed E-state index contributed by atoms with van der Waals surface area (Å²) in [7, 11) is 0. The van der Waals surface area contributed by atoms with Crippen LogP contribution in [0.3, 0.4) is 0 Å². The van der Waals surface area contributed by atoms with Crippen LogP contribution in [-0.4, -0.2) is 46.1 Å². The Morgan fingerprint density at radius 2 is 1.59 bits per heavy atom. The Kier molecular flexibility index (Phi) is 6.47. The van der Waals surface area contributed by atoms with E-state index < -0.39 is 0 Å². The van der Waals surface area contributed by atoms with Gasteiger partial charge in [-0.2, -0.15) is 9.97 Å². The molecule has 0 saturated carbocycles. The van der Waals surface area contributed by atoms with Gasteiger partial charge in [-0.15, -0.1) is 0 Å². The molecular formula is C24H28N4O. The molecule has 0 N–H and O–H groups in total. The number of benzene rings is 2. The smallest absolute Gasteiger partial charge is 0.320 e. The fourth-order valence-electron chi connectivity index (χ4n) is 3.90. The van der Waals surface area contributed by atoms with Crippen LogP contribution in [0.5, 0.6) is 6.01 Å². The van der Waals surface area contributed by atoms with Gasteiger partial charge in [-0.3, -0.25) is 0 Å². The van der Waals surface area contributed by atoms with E-state index in [1.165, 1.54) is 18.4 Å². The maximum absolute atomic E-state index is 5.84. The van der Waals surface area contributed by atoms with Gasteiger partial charge in [0.25, 0.3) is 0 Å². The predicted octanol–water partition coefficient (Wildman–Crippen LogP) is 4.50. The molecule has 4 rings (SSSR count). The van der Waals surface area contributed by atoms with Crippen molar-refractivity contribution in [2.75, 3.05) is 26.2 Å². The summed E-state index contributed by atoms with van der Waals surface area (Å²) in [6, 6.07) is 21.3. The molecule has 0 atom stereocenters. The predicted molar refractivity (Wildman–Crippen MR) is 115 cm³/mol. The van der Waals surface area contributed by atoms with Crippen molar-refractivity contribution >= 4 is 0 Å². The van der Waals surface area contributed by atoms with Gasteiger partial charge in [0.1, 0.15) is 5.82 Å². The van der Waals surface area contributed by atoms with E-state index in [9.17, 15) is 0 Å². The Balaban J connectivity index is 1.23. The Bertz CT molecular complexity index is 893. The summed E-state index contributed by atoms with van der Waals surface area (Å²) in [5.41, 5.74) is 2.46. The molecule has 0 bridgehead atoms. The van der Waals surface area contributed by atoms with E-state index in [2.05, 4.69) is 50.2 Å². The SMILES string of the molecule is Cc1nc(OCCCN2CCC(c3ccccc3)CC2)nc(-c2ccccc2)n1. The first-order valence-electron chi connectivity index (χ1n) is 10.5. The van der Waals surface area contributed by atoms with Crippen LogP contribution in [0, 0.1) is 6.92 Å². The molecule has 0 unspecified atom stereocenters. The molecule has 1 aliphatic heterocycles. The molecule has 0 radical (unpaired) electrons. The number of likely N-dealkylation sites (tertiary alicyclic amines) is 1. The highest BCUT2D eigenvalue weighted by molar-refractivity contribution is 5.54. The van der Waals surface area contributed by atoms with Crippen LogP contribution in [0.4, 0.5) is 0 Å². The van der Waals surface area contributed by atoms with Crippen LogP contribution < -0.4 is 4.74 Å². The van der Waals surface area contributed by atoms with Crippen molar-refractivity contribution in [2.45, 2.75) is 32.1 Å². The van der Waals surface area contributed by atoms with Gasteiger partial charge in [0.15, 0.2) is 5.82 Å². The van der Waals surface area contributed by atoms with Gasteiger partial charge in [0.05, 0.1) is 6.61 Å². The number of piperidine rings is 1. The van der Waals surface area contributed by atoms with Crippen LogP contribution in [0.2, 0.25) is 0 Å². The first kappa shape index (κ1) is 19.5. The van der Waals surface area contributed by atoms with E-state index in [-0.39, 0.29) is 0 Å². The maximum atomic E-state index is 5.84. The van der Waals surface area contributed by atoms with Crippen molar-refractivity contribution in [3.8, 4) is 17.4 Å². The highest BCUT2D eigenvalue weighted by Crippen LogP contribution is 2.27. The number of aryl methyl sites for hydroxylation is 1. The summed E-state index contributed by atoms with van der Waals surface area (Å²) < 4.78 is 5.84. The Labute approximate surface area is 172 Å². The third-order valence-corrected chi connectivity index (χ3v) is 5.47. The number of hydrogen-bond donors (Lipinski definition) is 0. The van der Waals surface area contributed by atoms with Crippen molar-refractivity contribution in [1.29, 1.82) is 0 Å². The summed E-state index contributed by atoms with van der Waals surface area (Å²) in [4.78, 5) is 15.8. The Hall–Kier alpha value is -2.79. The third kappa shape index (κ3) is 5.39. The lowest BCUT2D eigenvalue weighted by Crippen LogP contribution is -2.34. The Morgan fingerprint density at radius 3 is 2.31 bits per heavy atom. The molecule has 150 valence electrons. The van der Waals surface area contributed by atoms with Crippen molar-refractivity contribution < 1.29 is 4.74 Å². The number of aromatic nitrogens is 3. The zero-order valence-corrected chi connectivity index (χ0v) is 17.0. The van der Waals surface area contributed by atoms with Gasteiger partial charge in [-0.05, 0) is 50.8 Å². The summed E-state index contributed by atoms with van der Waals surface area (Å²) in [6.45, 7) is 5.86. The average Bonchev–Trinajstić information content (AvgIpc) is 2.78. The Morgan fingerprint density at radius 1 is 0.897 bits per heavy atom. The lowest BCUT2D eigenvalue weighted by molar-refractivity contribution is 0.189. The highest BCUT2D eigenvalue weighted by atomic mass is 16.5. The number of hydrogen-bond acceptors (Lipinski definition) is 5. The largest absolute Gasteiger partial charge is 0.463 e. The first-order valence-corrected chi connectivity index (χ1v) is 10.5. The van der Waals surface area contributed by atoms with Crippen molar-refractivity contribution in [3.63, 3.8) is 0 Å². The van der Waals surface area contributed by atoms with E-state index in [0.29, 0.717) is 30.2 Å². The number of rotatable bonds is 7. The molecule has 29 heavy (non-hydrogen) atoms. The van der Waals surface area contributed by atoms with Crippen molar-refractivity contribution in [3.05, 3.63) is 72.1 Å². The molecule has 1 aliphatic rings. The minimum atomic E-state index is 0.416.